The van der Waals surface area contributed by atoms with E-state index in [-0.39, 0.29) is 18.2 Å². The molecule has 1 fully saturated rings. The number of rotatable bonds is 8. The van der Waals surface area contributed by atoms with Gasteiger partial charge in [0, 0.05) is 38.8 Å². The zero-order chi connectivity index (χ0) is 26.0. The molecule has 0 radical (unpaired) electrons. The van der Waals surface area contributed by atoms with Gasteiger partial charge in [-0.15, -0.1) is 0 Å². The van der Waals surface area contributed by atoms with Gasteiger partial charge in [-0.3, -0.25) is 4.79 Å². The largest absolute Gasteiger partial charge is 0.373 e. The number of anilines is 1. The van der Waals surface area contributed by atoms with Crippen molar-refractivity contribution in [2.24, 2.45) is 0 Å². The second-order valence-corrected chi connectivity index (χ2v) is 9.46. The average molecular weight is 500 g/mol. The van der Waals surface area contributed by atoms with Gasteiger partial charge < -0.3 is 24.7 Å². The fraction of sp³-hybridized carbons (Fsp3) is 0.296. The van der Waals surface area contributed by atoms with E-state index in [4.69, 9.17) is 14.5 Å². The Kier molecular flexibility index (Phi) is 6.68. The third-order valence-electron chi connectivity index (χ3n) is 6.41. The molecular weight excluding hydrogens is 470 g/mol. The minimum absolute atomic E-state index is 0.00226. The van der Waals surface area contributed by atoms with Crippen molar-refractivity contribution in [2.75, 3.05) is 39.5 Å². The number of carbonyl (C=O) groups excluding carboxylic acids is 1. The molecule has 1 aromatic carbocycles. The first-order chi connectivity index (χ1) is 17.8. The third kappa shape index (κ3) is 5.07. The van der Waals surface area contributed by atoms with Crippen molar-refractivity contribution in [3.8, 4) is 22.8 Å². The molecule has 10 nitrogen and oxygen atoms in total. The summed E-state index contributed by atoms with van der Waals surface area (Å²) in [6.45, 7) is 1.22. The van der Waals surface area contributed by atoms with Crippen molar-refractivity contribution in [1.82, 2.24) is 29.9 Å². The molecule has 2 N–H and O–H groups in total. The molecular formula is C27H29N7O3. The Hall–Kier alpha value is -4.15. The van der Waals surface area contributed by atoms with Gasteiger partial charge in [0.2, 0.25) is 11.5 Å². The number of likely N-dealkylation sites (N-methyl/N-ethyl adjacent to an activating group) is 2. The van der Waals surface area contributed by atoms with E-state index in [1.807, 2.05) is 44.4 Å². The summed E-state index contributed by atoms with van der Waals surface area (Å²) in [6.07, 6.45) is 1.95. The quantitative estimate of drug-likeness (QED) is 0.377. The summed E-state index contributed by atoms with van der Waals surface area (Å²) < 4.78 is 5.38. The highest BCUT2D eigenvalue weighted by Gasteiger charge is 2.48. The third-order valence-corrected chi connectivity index (χ3v) is 6.41. The topological polar surface area (TPSA) is 121 Å². The zero-order valence-electron chi connectivity index (χ0n) is 21.0. The molecule has 0 bridgehead atoms. The molecule has 2 unspecified atom stereocenters. The van der Waals surface area contributed by atoms with Crippen molar-refractivity contribution in [1.29, 1.82) is 0 Å². The Morgan fingerprint density at radius 2 is 1.78 bits per heavy atom. The first-order valence-corrected chi connectivity index (χ1v) is 12.1. The molecule has 10 heteroatoms. The van der Waals surface area contributed by atoms with Crippen LogP contribution >= 0.6 is 0 Å². The van der Waals surface area contributed by atoms with E-state index in [9.17, 15) is 9.90 Å². The van der Waals surface area contributed by atoms with Gasteiger partial charge in [-0.1, -0.05) is 41.6 Å². The maximum Gasteiger partial charge on any atom is 0.262 e. The van der Waals surface area contributed by atoms with Gasteiger partial charge in [-0.25, -0.2) is 15.0 Å². The van der Waals surface area contributed by atoms with Gasteiger partial charge in [0.1, 0.15) is 5.69 Å². The predicted octanol–water partition coefficient (Wildman–Crippen LogP) is 2.96. The van der Waals surface area contributed by atoms with E-state index in [0.29, 0.717) is 35.3 Å². The van der Waals surface area contributed by atoms with Crippen LogP contribution in [0.3, 0.4) is 0 Å². The van der Waals surface area contributed by atoms with Crippen LogP contribution in [-0.4, -0.2) is 75.2 Å². The van der Waals surface area contributed by atoms with Crippen LogP contribution in [0.4, 0.5) is 5.95 Å². The molecule has 4 heterocycles. The monoisotopic (exact) mass is 499 g/mol. The Bertz CT molecular complexity index is 1390. The molecule has 1 amide bonds. The second kappa shape index (κ2) is 10.1. The normalized spacial score (nSPS) is 18.4. The van der Waals surface area contributed by atoms with Crippen LogP contribution in [0.2, 0.25) is 0 Å². The minimum Gasteiger partial charge on any atom is -0.373 e. The van der Waals surface area contributed by atoms with Crippen LogP contribution in [0.1, 0.15) is 23.8 Å². The number of pyridine rings is 1. The summed E-state index contributed by atoms with van der Waals surface area (Å²) in [5.41, 5.74) is 1.68. The maximum atomic E-state index is 12.4. The smallest absolute Gasteiger partial charge is 0.262 e. The Morgan fingerprint density at radius 3 is 2.49 bits per heavy atom. The lowest BCUT2D eigenvalue weighted by molar-refractivity contribution is -0.144. The van der Waals surface area contributed by atoms with Gasteiger partial charge in [0.25, 0.3) is 5.91 Å². The van der Waals surface area contributed by atoms with Gasteiger partial charge in [0.15, 0.2) is 5.76 Å². The van der Waals surface area contributed by atoms with Gasteiger partial charge in [-0.05, 0) is 37.9 Å². The number of hydrogen-bond donors (Lipinski definition) is 2. The standard InChI is InChI=1S/C27H29N7O3/c1-33(2)17-23(18-8-5-4-6-9-18)31-26-28-14-12-21(30-26)19-10-7-11-20(29-19)22-16-24(37-32-22)27(36)13-15-34(3)25(27)35/h4-12,14,16,23,36H,13,15,17H2,1-3H3,(H,28,30,31). The lowest BCUT2D eigenvalue weighted by Gasteiger charge is -2.23. The van der Waals surface area contributed by atoms with Gasteiger partial charge in [0.05, 0.1) is 23.1 Å². The highest BCUT2D eigenvalue weighted by atomic mass is 16.5. The second-order valence-electron chi connectivity index (χ2n) is 9.46. The van der Waals surface area contributed by atoms with Crippen molar-refractivity contribution < 1.29 is 14.4 Å². The summed E-state index contributed by atoms with van der Waals surface area (Å²) in [5, 5.41) is 18.4. The molecule has 1 aliphatic heterocycles. The van der Waals surface area contributed by atoms with Crippen molar-refractivity contribution in [2.45, 2.75) is 18.1 Å². The van der Waals surface area contributed by atoms with Crippen molar-refractivity contribution >= 4 is 11.9 Å². The molecule has 3 aromatic heterocycles. The molecule has 190 valence electrons. The first-order valence-electron chi connectivity index (χ1n) is 12.1. The number of nitrogens with one attached hydrogen (secondary N) is 1. The van der Waals surface area contributed by atoms with Crippen LogP contribution in [-0.2, 0) is 10.4 Å². The Morgan fingerprint density at radius 1 is 1.05 bits per heavy atom. The summed E-state index contributed by atoms with van der Waals surface area (Å²) in [6, 6.07) is 19.1. The number of amides is 1. The zero-order valence-corrected chi connectivity index (χ0v) is 21.0. The lowest BCUT2D eigenvalue weighted by Crippen LogP contribution is -2.35. The van der Waals surface area contributed by atoms with Gasteiger partial charge in [-0.2, -0.15) is 0 Å². The molecule has 37 heavy (non-hydrogen) atoms. The van der Waals surface area contributed by atoms with Crippen molar-refractivity contribution in [3.63, 3.8) is 0 Å². The fourth-order valence-corrected chi connectivity index (χ4v) is 4.40. The predicted molar refractivity (Wildman–Crippen MR) is 138 cm³/mol. The van der Waals surface area contributed by atoms with Crippen LogP contribution in [0, 0.1) is 0 Å². The number of aromatic nitrogens is 4. The summed E-state index contributed by atoms with van der Waals surface area (Å²) in [5.74, 6) is 0.210. The SMILES string of the molecule is CN(C)CC(Nc1nccc(-c2cccc(-c3cc(C4(O)CCN(C)C4=O)on3)n2)n1)c1ccccc1. The van der Waals surface area contributed by atoms with Crippen molar-refractivity contribution in [3.05, 3.63) is 78.2 Å². The van der Waals surface area contributed by atoms with E-state index in [0.717, 1.165) is 12.1 Å². The summed E-state index contributed by atoms with van der Waals surface area (Å²) in [7, 11) is 5.70. The molecule has 4 aromatic rings. The number of nitrogens with zero attached hydrogens (tertiary/aromatic N) is 6. The van der Waals surface area contributed by atoms with Crippen LogP contribution in [0.5, 0.6) is 0 Å². The molecule has 0 saturated carbocycles. The van der Waals surface area contributed by atoms with E-state index in [1.165, 1.54) is 4.90 Å². The molecule has 0 aliphatic carbocycles. The number of carbonyl (C=O) groups is 1. The average Bonchev–Trinajstić information content (AvgIpc) is 3.51. The van der Waals surface area contributed by atoms with E-state index in [2.05, 4.69) is 32.5 Å². The van der Waals surface area contributed by atoms with E-state index in [1.54, 1.807) is 31.4 Å². The highest BCUT2D eigenvalue weighted by molar-refractivity contribution is 5.87. The molecule has 2 atom stereocenters. The van der Waals surface area contributed by atoms with E-state index >= 15 is 0 Å². The molecule has 1 saturated heterocycles. The number of hydrogen-bond acceptors (Lipinski definition) is 9. The molecule has 5 rings (SSSR count). The summed E-state index contributed by atoms with van der Waals surface area (Å²) in [4.78, 5) is 29.9. The molecule has 0 spiro atoms. The van der Waals surface area contributed by atoms with Crippen LogP contribution in [0.25, 0.3) is 22.8 Å². The van der Waals surface area contributed by atoms with E-state index < -0.39 is 11.5 Å². The highest BCUT2D eigenvalue weighted by Crippen LogP contribution is 2.34. The lowest BCUT2D eigenvalue weighted by atomic mass is 9.98. The van der Waals surface area contributed by atoms with Crippen LogP contribution < -0.4 is 5.32 Å². The fourth-order valence-electron chi connectivity index (χ4n) is 4.40. The number of likely N-dealkylation sites (tertiary alicyclic amines) is 1. The Labute approximate surface area is 215 Å². The summed E-state index contributed by atoms with van der Waals surface area (Å²) >= 11 is 0. The van der Waals surface area contributed by atoms with Gasteiger partial charge >= 0.3 is 0 Å². The Balaban J connectivity index is 1.39. The molecule has 1 aliphatic rings. The van der Waals surface area contributed by atoms with Crippen LogP contribution in [0.15, 0.2) is 71.4 Å². The number of aliphatic hydroxyl groups is 1. The number of benzene rings is 1. The first kappa shape index (κ1) is 24.5. The minimum atomic E-state index is -1.70. The maximum absolute atomic E-state index is 12.4.